The second-order valence-electron chi connectivity index (χ2n) is 5.17. The number of hydrogen-bond acceptors (Lipinski definition) is 4. The van der Waals surface area contributed by atoms with Crippen LogP contribution in [0.3, 0.4) is 0 Å². The Morgan fingerprint density at radius 3 is 2.94 bits per heavy atom. The van der Waals surface area contributed by atoms with Crippen molar-refractivity contribution in [2.45, 2.75) is 44.3 Å². The first-order valence-corrected chi connectivity index (χ1v) is 6.65. The minimum absolute atomic E-state index is 0.297. The molecule has 4 N–H and O–H groups in total. The number of nitrogens with two attached hydrogens (primary N) is 1. The molecule has 2 aliphatic heterocycles. The smallest absolute Gasteiger partial charge is 0.0603 e. The molecule has 4 nitrogen and oxygen atoms in total. The lowest BCUT2D eigenvalue weighted by molar-refractivity contribution is 0.0194. The summed E-state index contributed by atoms with van der Waals surface area (Å²) in [6, 6.07) is 0.364. The van der Waals surface area contributed by atoms with Gasteiger partial charge in [0.15, 0.2) is 0 Å². The monoisotopic (exact) mass is 227 g/mol. The fraction of sp³-hybridized carbons (Fsp3) is 1.00. The van der Waals surface area contributed by atoms with E-state index in [1.54, 1.807) is 0 Å². The van der Waals surface area contributed by atoms with Gasteiger partial charge in [-0.15, -0.1) is 0 Å². The summed E-state index contributed by atoms with van der Waals surface area (Å²) in [5.41, 5.74) is 5.77. The molecule has 0 radical (unpaired) electrons. The van der Waals surface area contributed by atoms with E-state index in [1.807, 2.05) is 0 Å². The molecule has 0 aromatic rings. The molecule has 2 fully saturated rings. The molecule has 16 heavy (non-hydrogen) atoms. The normalized spacial score (nSPS) is 37.5. The topological polar surface area (TPSA) is 61.5 Å². The van der Waals surface area contributed by atoms with Crippen molar-refractivity contribution < 1.29 is 5.11 Å². The van der Waals surface area contributed by atoms with Crippen LogP contribution in [0.25, 0.3) is 0 Å². The van der Waals surface area contributed by atoms with E-state index in [-0.39, 0.29) is 0 Å². The second kappa shape index (κ2) is 5.96. The fourth-order valence-corrected chi connectivity index (χ4v) is 3.07. The molecule has 2 aliphatic rings. The van der Waals surface area contributed by atoms with E-state index >= 15 is 0 Å². The average Bonchev–Trinajstić information content (AvgIpc) is 2.38. The second-order valence-corrected chi connectivity index (χ2v) is 5.17. The molecular formula is C12H25N3O. The van der Waals surface area contributed by atoms with E-state index in [9.17, 15) is 5.11 Å². The van der Waals surface area contributed by atoms with Crippen molar-refractivity contribution in [2.75, 3.05) is 26.2 Å². The summed E-state index contributed by atoms with van der Waals surface area (Å²) in [6.45, 7) is 3.29. The molecule has 4 heteroatoms. The van der Waals surface area contributed by atoms with Crippen molar-refractivity contribution >= 4 is 0 Å². The lowest BCUT2D eigenvalue weighted by Crippen LogP contribution is -2.57. The predicted molar refractivity (Wildman–Crippen MR) is 65.0 cm³/mol. The first kappa shape index (κ1) is 12.3. The quantitative estimate of drug-likeness (QED) is 0.641. The van der Waals surface area contributed by atoms with E-state index < -0.39 is 0 Å². The van der Waals surface area contributed by atoms with E-state index in [1.165, 1.54) is 19.3 Å². The van der Waals surface area contributed by atoms with Crippen molar-refractivity contribution in [3.8, 4) is 0 Å². The van der Waals surface area contributed by atoms with Crippen molar-refractivity contribution in [2.24, 2.45) is 11.7 Å². The number of aliphatic hydroxyl groups excluding tert-OH is 1. The number of hydrogen-bond donors (Lipinski definition) is 3. The Balaban J connectivity index is 1.93. The first-order chi connectivity index (χ1) is 7.85. The number of aliphatic hydroxyl groups is 1. The van der Waals surface area contributed by atoms with Crippen LogP contribution in [0.5, 0.6) is 0 Å². The highest BCUT2D eigenvalue weighted by atomic mass is 16.3. The van der Waals surface area contributed by atoms with Gasteiger partial charge < -0.3 is 16.2 Å². The number of nitrogens with one attached hydrogen (secondary N) is 1. The van der Waals surface area contributed by atoms with Gasteiger partial charge in [-0.1, -0.05) is 6.42 Å². The highest BCUT2D eigenvalue weighted by Gasteiger charge is 2.31. The molecule has 94 valence electrons. The number of rotatable bonds is 3. The molecule has 2 rings (SSSR count). The zero-order valence-corrected chi connectivity index (χ0v) is 10.1. The molecular weight excluding hydrogens is 202 g/mol. The van der Waals surface area contributed by atoms with Gasteiger partial charge in [0.2, 0.25) is 0 Å². The van der Waals surface area contributed by atoms with Crippen LogP contribution >= 0.6 is 0 Å². The Hall–Kier alpha value is -0.160. The summed E-state index contributed by atoms with van der Waals surface area (Å²) in [4.78, 5) is 2.46. The molecule has 0 saturated carbocycles. The standard InChI is InChI=1S/C12H25N3O/c13-8-10-4-5-14-12(7-10)15-6-2-1-3-11(15)9-16/h10-12,14,16H,1-9,13H2. The Bertz CT molecular complexity index is 212. The summed E-state index contributed by atoms with van der Waals surface area (Å²) in [5.74, 6) is 0.660. The van der Waals surface area contributed by atoms with Crippen LogP contribution in [0.15, 0.2) is 0 Å². The Morgan fingerprint density at radius 2 is 2.19 bits per heavy atom. The van der Waals surface area contributed by atoms with Crippen molar-refractivity contribution in [1.29, 1.82) is 0 Å². The van der Waals surface area contributed by atoms with E-state index in [0.29, 0.717) is 24.7 Å². The predicted octanol–water partition coefficient (Wildman–Crippen LogP) is 0.118. The van der Waals surface area contributed by atoms with Gasteiger partial charge in [-0.25, -0.2) is 0 Å². The van der Waals surface area contributed by atoms with Gasteiger partial charge in [0, 0.05) is 12.6 Å². The summed E-state index contributed by atoms with van der Waals surface area (Å²) in [5, 5.41) is 13.0. The Labute approximate surface area is 98.2 Å². The zero-order valence-electron chi connectivity index (χ0n) is 10.1. The van der Waals surface area contributed by atoms with Gasteiger partial charge in [0.05, 0.1) is 12.8 Å². The van der Waals surface area contributed by atoms with Crippen LogP contribution in [0.4, 0.5) is 0 Å². The van der Waals surface area contributed by atoms with Crippen LogP contribution < -0.4 is 11.1 Å². The third kappa shape index (κ3) is 2.74. The highest BCUT2D eigenvalue weighted by Crippen LogP contribution is 2.24. The zero-order chi connectivity index (χ0) is 11.4. The van der Waals surface area contributed by atoms with Gasteiger partial charge >= 0.3 is 0 Å². The molecule has 3 atom stereocenters. The van der Waals surface area contributed by atoms with Crippen LogP contribution in [0.1, 0.15) is 32.1 Å². The molecule has 0 aromatic heterocycles. The SMILES string of the molecule is NCC1CCNC(N2CCCCC2CO)C1. The van der Waals surface area contributed by atoms with Gasteiger partial charge in [0.25, 0.3) is 0 Å². The van der Waals surface area contributed by atoms with Crippen molar-refractivity contribution in [3.05, 3.63) is 0 Å². The fourth-order valence-electron chi connectivity index (χ4n) is 3.07. The van der Waals surface area contributed by atoms with Crippen LogP contribution in [-0.4, -0.2) is 48.5 Å². The number of likely N-dealkylation sites (tertiary alicyclic amines) is 1. The molecule has 0 bridgehead atoms. The van der Waals surface area contributed by atoms with Gasteiger partial charge in [-0.05, 0) is 44.7 Å². The van der Waals surface area contributed by atoms with E-state index in [2.05, 4.69) is 10.2 Å². The van der Waals surface area contributed by atoms with Gasteiger partial charge in [-0.2, -0.15) is 0 Å². The Kier molecular flexibility index (Phi) is 4.58. The lowest BCUT2D eigenvalue weighted by atomic mass is 9.93. The number of piperidine rings is 2. The summed E-state index contributed by atoms with van der Waals surface area (Å²) < 4.78 is 0. The van der Waals surface area contributed by atoms with E-state index in [0.717, 1.165) is 32.5 Å². The molecule has 3 unspecified atom stereocenters. The van der Waals surface area contributed by atoms with Crippen LogP contribution in [0, 0.1) is 5.92 Å². The molecule has 0 spiro atoms. The first-order valence-electron chi connectivity index (χ1n) is 6.65. The minimum Gasteiger partial charge on any atom is -0.395 e. The molecule has 0 amide bonds. The average molecular weight is 227 g/mol. The summed E-state index contributed by atoms with van der Waals surface area (Å²) in [6.07, 6.45) is 6.45. The van der Waals surface area contributed by atoms with Gasteiger partial charge in [-0.3, -0.25) is 4.90 Å². The molecule has 2 saturated heterocycles. The largest absolute Gasteiger partial charge is 0.395 e. The third-order valence-corrected chi connectivity index (χ3v) is 4.11. The maximum Gasteiger partial charge on any atom is 0.0603 e. The molecule has 2 heterocycles. The highest BCUT2D eigenvalue weighted by molar-refractivity contribution is 4.85. The maximum atomic E-state index is 9.42. The number of nitrogens with zero attached hydrogens (tertiary/aromatic N) is 1. The third-order valence-electron chi connectivity index (χ3n) is 4.11. The lowest BCUT2D eigenvalue weighted by Gasteiger charge is -2.44. The van der Waals surface area contributed by atoms with Crippen LogP contribution in [0.2, 0.25) is 0 Å². The van der Waals surface area contributed by atoms with Gasteiger partial charge in [0.1, 0.15) is 0 Å². The Morgan fingerprint density at radius 1 is 1.31 bits per heavy atom. The minimum atomic E-state index is 0.297. The molecule has 0 aromatic carbocycles. The summed E-state index contributed by atoms with van der Waals surface area (Å²) >= 11 is 0. The van der Waals surface area contributed by atoms with Crippen molar-refractivity contribution in [3.63, 3.8) is 0 Å². The maximum absolute atomic E-state index is 9.42. The molecule has 0 aliphatic carbocycles. The van der Waals surface area contributed by atoms with Crippen LogP contribution in [-0.2, 0) is 0 Å². The van der Waals surface area contributed by atoms with Crippen molar-refractivity contribution in [1.82, 2.24) is 10.2 Å². The van der Waals surface area contributed by atoms with E-state index in [4.69, 9.17) is 5.73 Å². The summed E-state index contributed by atoms with van der Waals surface area (Å²) in [7, 11) is 0.